The topological polar surface area (TPSA) is 122 Å². The molecule has 1 amide bonds. The van der Waals surface area contributed by atoms with Crippen LogP contribution in [0.2, 0.25) is 0 Å². The Hall–Kier alpha value is -1.56. The summed E-state index contributed by atoms with van der Waals surface area (Å²) in [6, 6.07) is 0. The Morgan fingerprint density at radius 1 is 0.548 bits per heavy atom. The minimum Gasteiger partial charge on any atom is -0.480 e. The highest BCUT2D eigenvalue weighted by atomic mass is 16.6. The van der Waals surface area contributed by atoms with E-state index in [1.54, 1.807) is 0 Å². The second-order valence-electron chi connectivity index (χ2n) is 10.2. The molecule has 0 radical (unpaired) electrons. The molecule has 10 nitrogen and oxygen atoms in total. The van der Waals surface area contributed by atoms with E-state index in [0.717, 1.165) is 12.8 Å². The number of allylic oxidation sites excluding steroid dienone is 2. The van der Waals surface area contributed by atoms with Crippen molar-refractivity contribution in [2.45, 2.75) is 96.8 Å². The number of nitrogens with one attached hydrogen (secondary N) is 1. The number of ether oxygens (including phenoxy) is 6. The Morgan fingerprint density at radius 3 is 1.43 bits per heavy atom. The van der Waals surface area contributed by atoms with Gasteiger partial charge in [0.1, 0.15) is 6.61 Å². The lowest BCUT2D eigenvalue weighted by Crippen LogP contribution is -2.27. The number of hydrogen-bond donors (Lipinski definition) is 2. The number of carbonyl (C=O) groups excluding carboxylic acids is 1. The summed E-state index contributed by atoms with van der Waals surface area (Å²) in [7, 11) is 0. The summed E-state index contributed by atoms with van der Waals surface area (Å²) in [6.07, 6.45) is 21.6. The summed E-state index contributed by atoms with van der Waals surface area (Å²) in [5, 5.41) is 11.3. The first kappa shape index (κ1) is 40.4. The molecule has 0 heterocycles. The van der Waals surface area contributed by atoms with Crippen molar-refractivity contribution >= 4 is 11.9 Å². The van der Waals surface area contributed by atoms with E-state index in [2.05, 4.69) is 24.4 Å². The summed E-state index contributed by atoms with van der Waals surface area (Å²) in [5.74, 6) is -0.892. The maximum Gasteiger partial charge on any atom is 0.329 e. The van der Waals surface area contributed by atoms with Gasteiger partial charge in [-0.05, 0) is 32.1 Å². The summed E-state index contributed by atoms with van der Waals surface area (Å²) in [4.78, 5) is 22.2. The molecule has 0 aliphatic carbocycles. The smallest absolute Gasteiger partial charge is 0.329 e. The molecule has 0 saturated carbocycles. The van der Waals surface area contributed by atoms with Crippen molar-refractivity contribution < 1.29 is 43.1 Å². The van der Waals surface area contributed by atoms with Gasteiger partial charge in [-0.3, -0.25) is 4.79 Å². The standard InChI is InChI=1S/C32H61NO9/c1-2-3-4-5-6-7-8-9-10-11-12-13-14-15-16-17-31(34)33-18-19-37-20-21-38-22-23-39-24-25-40-26-27-41-28-29-42-30-32(35)36/h9-10H,2-8,11-30H2,1H3,(H,33,34)(H,35,36)/b10-9-. The first-order chi connectivity index (χ1) is 20.7. The van der Waals surface area contributed by atoms with E-state index in [-0.39, 0.29) is 19.1 Å². The number of hydrogen-bond acceptors (Lipinski definition) is 8. The van der Waals surface area contributed by atoms with E-state index in [9.17, 15) is 9.59 Å². The average Bonchev–Trinajstić information content (AvgIpc) is 2.98. The van der Waals surface area contributed by atoms with Crippen LogP contribution >= 0.6 is 0 Å². The van der Waals surface area contributed by atoms with Crippen molar-refractivity contribution in [1.82, 2.24) is 5.32 Å². The molecule has 42 heavy (non-hydrogen) atoms. The molecular formula is C32H61NO9. The third-order valence-electron chi connectivity index (χ3n) is 6.32. The van der Waals surface area contributed by atoms with Crippen LogP contribution in [0.3, 0.4) is 0 Å². The van der Waals surface area contributed by atoms with Gasteiger partial charge >= 0.3 is 5.97 Å². The Bertz CT molecular complexity index is 605. The van der Waals surface area contributed by atoms with Gasteiger partial charge in [0, 0.05) is 13.0 Å². The van der Waals surface area contributed by atoms with Gasteiger partial charge in [0.25, 0.3) is 0 Å². The summed E-state index contributed by atoms with van der Waals surface area (Å²) < 4.78 is 31.8. The van der Waals surface area contributed by atoms with Crippen LogP contribution in [0.15, 0.2) is 12.2 Å². The zero-order valence-electron chi connectivity index (χ0n) is 26.5. The third-order valence-corrected chi connectivity index (χ3v) is 6.32. The Kier molecular flexibility index (Phi) is 34.3. The fourth-order valence-corrected chi connectivity index (χ4v) is 3.97. The molecule has 0 bridgehead atoms. The van der Waals surface area contributed by atoms with Crippen LogP contribution in [0.25, 0.3) is 0 Å². The van der Waals surface area contributed by atoms with E-state index >= 15 is 0 Å². The molecule has 0 rings (SSSR count). The summed E-state index contributed by atoms with van der Waals surface area (Å²) >= 11 is 0. The van der Waals surface area contributed by atoms with Crippen molar-refractivity contribution in [3.8, 4) is 0 Å². The van der Waals surface area contributed by atoms with Gasteiger partial charge in [-0.2, -0.15) is 0 Å². The van der Waals surface area contributed by atoms with Gasteiger partial charge in [0.15, 0.2) is 0 Å². The van der Waals surface area contributed by atoms with Gasteiger partial charge in [-0.15, -0.1) is 0 Å². The van der Waals surface area contributed by atoms with Crippen LogP contribution < -0.4 is 5.32 Å². The van der Waals surface area contributed by atoms with E-state index < -0.39 is 5.97 Å². The highest BCUT2D eigenvalue weighted by molar-refractivity contribution is 5.75. The van der Waals surface area contributed by atoms with Gasteiger partial charge < -0.3 is 38.8 Å². The maximum atomic E-state index is 11.9. The van der Waals surface area contributed by atoms with Crippen molar-refractivity contribution in [1.29, 1.82) is 0 Å². The molecule has 0 atom stereocenters. The second kappa shape index (κ2) is 35.6. The van der Waals surface area contributed by atoms with Gasteiger partial charge in [-0.25, -0.2) is 4.79 Å². The van der Waals surface area contributed by atoms with Crippen LogP contribution in [-0.2, 0) is 38.0 Å². The lowest BCUT2D eigenvalue weighted by molar-refractivity contribution is -0.142. The average molecular weight is 604 g/mol. The van der Waals surface area contributed by atoms with Crippen molar-refractivity contribution in [3.63, 3.8) is 0 Å². The fourth-order valence-electron chi connectivity index (χ4n) is 3.97. The quantitative estimate of drug-likeness (QED) is 0.0732. The monoisotopic (exact) mass is 603 g/mol. The molecule has 0 aromatic carbocycles. The first-order valence-corrected chi connectivity index (χ1v) is 16.3. The third kappa shape index (κ3) is 36.5. The second-order valence-corrected chi connectivity index (χ2v) is 10.2. The van der Waals surface area contributed by atoms with Crippen LogP contribution in [0.4, 0.5) is 0 Å². The Balaban J connectivity index is 3.18. The highest BCUT2D eigenvalue weighted by Gasteiger charge is 2.01. The van der Waals surface area contributed by atoms with Gasteiger partial charge in [0.05, 0.1) is 72.7 Å². The lowest BCUT2D eigenvalue weighted by atomic mass is 10.1. The largest absolute Gasteiger partial charge is 0.480 e. The van der Waals surface area contributed by atoms with Crippen molar-refractivity contribution in [2.24, 2.45) is 0 Å². The number of aliphatic carboxylic acids is 1. The number of carbonyl (C=O) groups is 2. The zero-order chi connectivity index (χ0) is 30.6. The SMILES string of the molecule is CCCCCCCC/C=C\CCCCCCCC(=O)NCCOCCOCCOCCOCCOCCOCC(=O)O. The number of carboxylic acid groups (broad SMARTS) is 1. The van der Waals surface area contributed by atoms with Crippen LogP contribution in [-0.4, -0.2) is 103 Å². The molecule has 248 valence electrons. The molecule has 0 unspecified atom stereocenters. The Morgan fingerprint density at radius 2 is 0.952 bits per heavy atom. The molecule has 0 saturated heterocycles. The molecular weight excluding hydrogens is 542 g/mol. The van der Waals surface area contributed by atoms with E-state index in [1.165, 1.54) is 70.6 Å². The fraction of sp³-hybridized carbons (Fsp3) is 0.875. The Labute approximate surface area is 255 Å². The van der Waals surface area contributed by atoms with Crippen LogP contribution in [0.1, 0.15) is 96.8 Å². The normalized spacial score (nSPS) is 11.5. The molecule has 0 aromatic rings. The van der Waals surface area contributed by atoms with Crippen molar-refractivity contribution in [2.75, 3.05) is 85.8 Å². The number of carboxylic acids is 1. The highest BCUT2D eigenvalue weighted by Crippen LogP contribution is 2.10. The molecule has 0 aliphatic heterocycles. The van der Waals surface area contributed by atoms with E-state index in [0.29, 0.717) is 79.0 Å². The van der Waals surface area contributed by atoms with Gasteiger partial charge in [0.2, 0.25) is 5.91 Å². The van der Waals surface area contributed by atoms with Gasteiger partial charge in [-0.1, -0.05) is 70.4 Å². The van der Waals surface area contributed by atoms with E-state index in [4.69, 9.17) is 33.5 Å². The van der Waals surface area contributed by atoms with Crippen molar-refractivity contribution in [3.05, 3.63) is 12.2 Å². The molecule has 10 heteroatoms. The maximum absolute atomic E-state index is 11.9. The minimum absolute atomic E-state index is 0.101. The minimum atomic E-state index is -0.992. The molecule has 0 aromatic heterocycles. The first-order valence-electron chi connectivity index (χ1n) is 16.3. The molecule has 0 fully saturated rings. The van der Waals surface area contributed by atoms with E-state index in [1.807, 2.05) is 0 Å². The van der Waals surface area contributed by atoms with Crippen LogP contribution in [0.5, 0.6) is 0 Å². The molecule has 0 aliphatic rings. The number of amides is 1. The lowest BCUT2D eigenvalue weighted by Gasteiger charge is -2.08. The predicted octanol–water partition coefficient (Wildman–Crippen LogP) is 5.32. The molecule has 0 spiro atoms. The number of unbranched alkanes of at least 4 members (excludes halogenated alkanes) is 11. The zero-order valence-corrected chi connectivity index (χ0v) is 26.5. The summed E-state index contributed by atoms with van der Waals surface area (Å²) in [5.41, 5.74) is 0. The van der Waals surface area contributed by atoms with Crippen LogP contribution in [0, 0.1) is 0 Å². The summed E-state index contributed by atoms with van der Waals surface area (Å²) in [6.45, 7) is 7.25. The predicted molar refractivity (Wildman–Crippen MR) is 165 cm³/mol. The number of rotatable bonds is 35. The molecule has 2 N–H and O–H groups in total.